The molecule has 1 aromatic carbocycles. The fraction of sp³-hybridized carbons (Fsp3) is 0.560. The van der Waals surface area contributed by atoms with E-state index in [0.717, 1.165) is 41.9 Å². The van der Waals surface area contributed by atoms with Gasteiger partial charge in [0.15, 0.2) is 6.29 Å². The van der Waals surface area contributed by atoms with Gasteiger partial charge in [-0.3, -0.25) is 4.79 Å². The summed E-state index contributed by atoms with van der Waals surface area (Å²) in [7, 11) is 0. The van der Waals surface area contributed by atoms with Gasteiger partial charge in [0.25, 0.3) is 0 Å². The summed E-state index contributed by atoms with van der Waals surface area (Å²) in [6.07, 6.45) is 2.99. The third-order valence-corrected chi connectivity index (χ3v) is 7.80. The fourth-order valence-electron chi connectivity index (χ4n) is 3.57. The number of benzene rings is 1. The van der Waals surface area contributed by atoms with Crippen LogP contribution in [0.3, 0.4) is 0 Å². The van der Waals surface area contributed by atoms with Gasteiger partial charge in [-0.05, 0) is 66.8 Å². The summed E-state index contributed by atoms with van der Waals surface area (Å²) in [5.74, 6) is 1.45. The number of thiophene rings is 1. The highest BCUT2D eigenvalue weighted by molar-refractivity contribution is 7.14. The van der Waals surface area contributed by atoms with Crippen LogP contribution < -0.4 is 4.74 Å². The second-order valence-corrected chi connectivity index (χ2v) is 10.2. The standard InChI is InChI=1S/C25H36O2S/c1-9-25(10-2,23-14-18(4)22(15-26)28-23)20-11-12-21(17(3)13-20)27-16-19(5)24(6,7)8/h11-15,19H,9-10,16H2,1-8H3. The first-order valence-electron chi connectivity index (χ1n) is 10.4. The normalized spacial score (nSPS) is 13.4. The molecule has 0 spiro atoms. The molecule has 0 radical (unpaired) electrons. The first-order chi connectivity index (χ1) is 13.1. The van der Waals surface area contributed by atoms with Crippen molar-refractivity contribution in [3.63, 3.8) is 0 Å². The Labute approximate surface area is 175 Å². The van der Waals surface area contributed by atoms with Crippen LogP contribution in [0.4, 0.5) is 0 Å². The molecule has 0 amide bonds. The van der Waals surface area contributed by atoms with Crippen molar-refractivity contribution < 1.29 is 9.53 Å². The Hall–Kier alpha value is -1.61. The molecule has 0 bridgehead atoms. The number of hydrogen-bond donors (Lipinski definition) is 0. The largest absolute Gasteiger partial charge is 0.493 e. The minimum absolute atomic E-state index is 0.0569. The molecule has 0 saturated heterocycles. The number of rotatable bonds is 8. The first kappa shape index (κ1) is 22.7. The third kappa shape index (κ3) is 4.51. The summed E-state index contributed by atoms with van der Waals surface area (Å²) >= 11 is 1.64. The van der Waals surface area contributed by atoms with Crippen LogP contribution in [0, 0.1) is 25.2 Å². The highest BCUT2D eigenvalue weighted by Crippen LogP contribution is 2.44. The lowest BCUT2D eigenvalue weighted by Crippen LogP contribution is -2.25. The smallest absolute Gasteiger partial charge is 0.160 e. The van der Waals surface area contributed by atoms with Crippen LogP contribution in [-0.4, -0.2) is 12.9 Å². The van der Waals surface area contributed by atoms with Crippen LogP contribution in [0.5, 0.6) is 5.75 Å². The lowest BCUT2D eigenvalue weighted by molar-refractivity contribution is 0.112. The van der Waals surface area contributed by atoms with E-state index >= 15 is 0 Å². The van der Waals surface area contributed by atoms with Gasteiger partial charge >= 0.3 is 0 Å². The molecule has 1 unspecified atom stereocenters. The van der Waals surface area contributed by atoms with E-state index in [1.54, 1.807) is 11.3 Å². The van der Waals surface area contributed by atoms with E-state index in [2.05, 4.69) is 72.7 Å². The van der Waals surface area contributed by atoms with Gasteiger partial charge in [-0.25, -0.2) is 0 Å². The van der Waals surface area contributed by atoms with Crippen molar-refractivity contribution in [3.05, 3.63) is 50.7 Å². The quantitative estimate of drug-likeness (QED) is 0.433. The van der Waals surface area contributed by atoms with Crippen molar-refractivity contribution in [2.24, 2.45) is 11.3 Å². The minimum atomic E-state index is -0.0569. The van der Waals surface area contributed by atoms with E-state index in [0.29, 0.717) is 5.92 Å². The molecule has 0 aliphatic heterocycles. The highest BCUT2D eigenvalue weighted by atomic mass is 32.1. The van der Waals surface area contributed by atoms with Gasteiger partial charge in [-0.2, -0.15) is 0 Å². The summed E-state index contributed by atoms with van der Waals surface area (Å²) in [5.41, 5.74) is 3.74. The molecule has 2 nitrogen and oxygen atoms in total. The topological polar surface area (TPSA) is 26.3 Å². The van der Waals surface area contributed by atoms with Crippen molar-refractivity contribution in [1.82, 2.24) is 0 Å². The van der Waals surface area contributed by atoms with Crippen LogP contribution in [-0.2, 0) is 5.41 Å². The zero-order valence-electron chi connectivity index (χ0n) is 18.8. The van der Waals surface area contributed by atoms with E-state index in [4.69, 9.17) is 4.74 Å². The summed E-state index contributed by atoms with van der Waals surface area (Å²) < 4.78 is 6.16. The van der Waals surface area contributed by atoms with Gasteiger partial charge < -0.3 is 4.74 Å². The Morgan fingerprint density at radius 3 is 2.18 bits per heavy atom. The molecule has 2 aromatic rings. The fourth-order valence-corrected chi connectivity index (χ4v) is 4.91. The Morgan fingerprint density at radius 2 is 1.71 bits per heavy atom. The summed E-state index contributed by atoms with van der Waals surface area (Å²) in [6.45, 7) is 18.4. The second kappa shape index (κ2) is 8.82. The van der Waals surface area contributed by atoms with Crippen LogP contribution >= 0.6 is 11.3 Å². The number of hydrogen-bond acceptors (Lipinski definition) is 3. The molecule has 0 N–H and O–H groups in total. The van der Waals surface area contributed by atoms with E-state index in [1.165, 1.54) is 16.0 Å². The maximum absolute atomic E-state index is 11.4. The van der Waals surface area contributed by atoms with E-state index in [1.807, 2.05) is 6.92 Å². The Kier molecular flexibility index (Phi) is 7.14. The van der Waals surface area contributed by atoms with Gasteiger partial charge in [0.1, 0.15) is 5.75 Å². The molecular weight excluding hydrogens is 364 g/mol. The van der Waals surface area contributed by atoms with Crippen LogP contribution in [0.1, 0.15) is 85.6 Å². The van der Waals surface area contributed by atoms with Gasteiger partial charge in [0.2, 0.25) is 0 Å². The molecule has 0 aliphatic rings. The van der Waals surface area contributed by atoms with Gasteiger partial charge in [0.05, 0.1) is 11.5 Å². The number of carbonyl (C=O) groups is 1. The monoisotopic (exact) mass is 400 g/mol. The summed E-state index contributed by atoms with van der Waals surface area (Å²) in [4.78, 5) is 13.5. The lowest BCUT2D eigenvalue weighted by Gasteiger charge is -2.32. The van der Waals surface area contributed by atoms with Crippen LogP contribution in [0.2, 0.25) is 0 Å². The minimum Gasteiger partial charge on any atom is -0.493 e. The van der Waals surface area contributed by atoms with Crippen LogP contribution in [0.15, 0.2) is 24.3 Å². The van der Waals surface area contributed by atoms with E-state index in [-0.39, 0.29) is 10.8 Å². The number of ether oxygens (including phenoxy) is 1. The third-order valence-electron chi connectivity index (χ3n) is 6.44. The Balaban J connectivity index is 2.36. The van der Waals surface area contributed by atoms with Crippen LogP contribution in [0.25, 0.3) is 0 Å². The SMILES string of the molecule is CCC(CC)(c1ccc(OCC(C)C(C)(C)C)c(C)c1)c1cc(C)c(C=O)s1. The predicted octanol–water partition coefficient (Wildman–Crippen LogP) is 7.34. The maximum Gasteiger partial charge on any atom is 0.160 e. The molecule has 0 aliphatic carbocycles. The number of aldehydes is 1. The summed E-state index contributed by atoms with van der Waals surface area (Å²) in [5, 5.41) is 0. The molecule has 2 rings (SSSR count). The molecule has 3 heteroatoms. The second-order valence-electron chi connectivity index (χ2n) is 9.12. The van der Waals surface area contributed by atoms with Crippen molar-refractivity contribution in [1.29, 1.82) is 0 Å². The van der Waals surface area contributed by atoms with Gasteiger partial charge in [0, 0.05) is 10.3 Å². The maximum atomic E-state index is 11.4. The average molecular weight is 401 g/mol. The molecule has 1 heterocycles. The first-order valence-corrected chi connectivity index (χ1v) is 11.2. The lowest BCUT2D eigenvalue weighted by atomic mass is 9.74. The highest BCUT2D eigenvalue weighted by Gasteiger charge is 2.33. The zero-order chi connectivity index (χ0) is 21.1. The van der Waals surface area contributed by atoms with Crippen molar-refractivity contribution in [3.8, 4) is 5.75 Å². The number of carbonyl (C=O) groups excluding carboxylic acids is 1. The van der Waals surface area contributed by atoms with Gasteiger partial charge in [-0.15, -0.1) is 11.3 Å². The van der Waals surface area contributed by atoms with E-state index in [9.17, 15) is 4.79 Å². The molecule has 28 heavy (non-hydrogen) atoms. The van der Waals surface area contributed by atoms with Crippen molar-refractivity contribution >= 4 is 17.6 Å². The predicted molar refractivity (Wildman–Crippen MR) is 121 cm³/mol. The zero-order valence-corrected chi connectivity index (χ0v) is 19.6. The van der Waals surface area contributed by atoms with E-state index < -0.39 is 0 Å². The van der Waals surface area contributed by atoms with Gasteiger partial charge in [-0.1, -0.05) is 53.7 Å². The molecule has 0 saturated carbocycles. The average Bonchev–Trinajstić information content (AvgIpc) is 3.02. The molecular formula is C25H36O2S. The Morgan fingerprint density at radius 1 is 1.07 bits per heavy atom. The molecule has 154 valence electrons. The summed E-state index contributed by atoms with van der Waals surface area (Å²) in [6, 6.07) is 8.82. The molecule has 1 atom stereocenters. The van der Waals surface area contributed by atoms with Crippen molar-refractivity contribution in [2.45, 2.75) is 73.6 Å². The Bertz CT molecular complexity index is 806. The molecule has 1 aromatic heterocycles. The molecule has 0 fully saturated rings. The van der Waals surface area contributed by atoms with Crippen molar-refractivity contribution in [2.75, 3.05) is 6.61 Å². The number of aryl methyl sites for hydroxylation is 2.